The molecule has 2 aromatic heterocycles. The van der Waals surface area contributed by atoms with Crippen molar-refractivity contribution in [1.29, 1.82) is 0 Å². The number of amides is 2. The molecule has 2 atom stereocenters. The fourth-order valence-corrected chi connectivity index (χ4v) is 3.44. The van der Waals surface area contributed by atoms with Crippen molar-refractivity contribution in [3.8, 4) is 0 Å². The van der Waals surface area contributed by atoms with Gasteiger partial charge in [-0.3, -0.25) is 14.9 Å². The summed E-state index contributed by atoms with van der Waals surface area (Å²) in [5.74, 6) is -0.847. The van der Waals surface area contributed by atoms with Crippen LogP contribution in [-0.4, -0.2) is 51.1 Å². The molecule has 1 N–H and O–H groups in total. The van der Waals surface area contributed by atoms with E-state index in [1.165, 1.54) is 11.9 Å². The first-order valence-electron chi connectivity index (χ1n) is 8.72. The van der Waals surface area contributed by atoms with Crippen molar-refractivity contribution in [2.45, 2.75) is 18.5 Å². The fourth-order valence-electron chi connectivity index (χ4n) is 3.06. The van der Waals surface area contributed by atoms with Crippen LogP contribution in [0.5, 0.6) is 0 Å². The zero-order valence-corrected chi connectivity index (χ0v) is 16.6. The van der Waals surface area contributed by atoms with Gasteiger partial charge in [0.25, 0.3) is 5.91 Å². The number of fused-ring (bicyclic) bond motifs is 1. The number of halogens is 2. The van der Waals surface area contributed by atoms with Gasteiger partial charge in [-0.15, -0.1) is 5.10 Å². The molecule has 1 aromatic carbocycles. The molecule has 1 aliphatic carbocycles. The summed E-state index contributed by atoms with van der Waals surface area (Å²) in [6.45, 7) is -0.173. The first-order chi connectivity index (χ1) is 13.4. The molecule has 144 valence electrons. The molecule has 1 saturated carbocycles. The summed E-state index contributed by atoms with van der Waals surface area (Å²) in [4.78, 5) is 30.6. The molecular weight excluding hydrogens is 429 g/mol. The van der Waals surface area contributed by atoms with Crippen molar-refractivity contribution in [1.82, 2.24) is 19.5 Å². The number of benzene rings is 1. The lowest BCUT2D eigenvalue weighted by Gasteiger charge is -2.18. The molecule has 3 aromatic rings. The summed E-state index contributed by atoms with van der Waals surface area (Å²) in [6, 6.07) is 10.6. The SMILES string of the molecule is CN(CC(=O)Nc1nc2ccccn2n1)C(=O)c1ccc(Br)cc1C1CC1F. The number of nitrogens with zero attached hydrogens (tertiary/aromatic N) is 4. The molecule has 0 spiro atoms. The number of alkyl halides is 1. The number of pyridine rings is 1. The molecule has 2 unspecified atom stereocenters. The van der Waals surface area contributed by atoms with Gasteiger partial charge in [-0.25, -0.2) is 8.91 Å². The number of carbonyl (C=O) groups is 2. The van der Waals surface area contributed by atoms with Crippen LogP contribution in [-0.2, 0) is 4.79 Å². The lowest BCUT2D eigenvalue weighted by molar-refractivity contribution is -0.116. The predicted molar refractivity (Wildman–Crippen MR) is 105 cm³/mol. The second-order valence-electron chi connectivity index (χ2n) is 6.74. The second-order valence-corrected chi connectivity index (χ2v) is 7.65. The van der Waals surface area contributed by atoms with Gasteiger partial charge < -0.3 is 4.90 Å². The number of nitrogens with one attached hydrogen (secondary N) is 1. The van der Waals surface area contributed by atoms with E-state index in [0.717, 1.165) is 4.47 Å². The van der Waals surface area contributed by atoms with E-state index in [9.17, 15) is 14.0 Å². The van der Waals surface area contributed by atoms with Crippen LogP contribution in [0.4, 0.5) is 10.3 Å². The van der Waals surface area contributed by atoms with E-state index < -0.39 is 12.1 Å². The van der Waals surface area contributed by atoms with Gasteiger partial charge in [0.1, 0.15) is 6.17 Å². The van der Waals surface area contributed by atoms with E-state index in [2.05, 4.69) is 31.3 Å². The number of rotatable bonds is 5. The lowest BCUT2D eigenvalue weighted by atomic mass is 10.0. The lowest BCUT2D eigenvalue weighted by Crippen LogP contribution is -2.35. The van der Waals surface area contributed by atoms with E-state index >= 15 is 0 Å². The number of carbonyl (C=O) groups excluding carboxylic acids is 2. The Morgan fingerprint density at radius 1 is 1.36 bits per heavy atom. The zero-order valence-electron chi connectivity index (χ0n) is 15.0. The van der Waals surface area contributed by atoms with E-state index in [1.54, 1.807) is 41.0 Å². The molecule has 0 saturated heterocycles. The minimum absolute atomic E-state index is 0.166. The Hall–Kier alpha value is -2.81. The van der Waals surface area contributed by atoms with Gasteiger partial charge in [-0.2, -0.15) is 4.98 Å². The van der Waals surface area contributed by atoms with E-state index in [-0.39, 0.29) is 24.3 Å². The molecular formula is C19H17BrFN5O2. The molecule has 2 amide bonds. The Labute approximate surface area is 168 Å². The number of hydrogen-bond donors (Lipinski definition) is 1. The Morgan fingerprint density at radius 3 is 2.86 bits per heavy atom. The molecule has 0 bridgehead atoms. The van der Waals surface area contributed by atoms with Gasteiger partial charge >= 0.3 is 0 Å². The van der Waals surface area contributed by atoms with E-state index in [4.69, 9.17) is 0 Å². The highest BCUT2D eigenvalue weighted by atomic mass is 79.9. The third-order valence-electron chi connectivity index (χ3n) is 4.58. The molecule has 0 radical (unpaired) electrons. The van der Waals surface area contributed by atoms with Crippen molar-refractivity contribution in [3.63, 3.8) is 0 Å². The molecule has 4 rings (SSSR count). The zero-order chi connectivity index (χ0) is 19.8. The van der Waals surface area contributed by atoms with Gasteiger partial charge in [0.15, 0.2) is 5.65 Å². The van der Waals surface area contributed by atoms with Crippen LogP contribution in [0.15, 0.2) is 47.1 Å². The molecule has 2 heterocycles. The average Bonchev–Trinajstić information content (AvgIpc) is 3.24. The molecule has 9 heteroatoms. The first kappa shape index (κ1) is 18.5. The summed E-state index contributed by atoms with van der Waals surface area (Å²) >= 11 is 3.36. The minimum atomic E-state index is -0.921. The van der Waals surface area contributed by atoms with Crippen LogP contribution in [0.3, 0.4) is 0 Å². The van der Waals surface area contributed by atoms with E-state index in [1.807, 2.05) is 6.07 Å². The highest BCUT2D eigenvalue weighted by Gasteiger charge is 2.41. The summed E-state index contributed by atoms with van der Waals surface area (Å²) in [5.41, 5.74) is 1.68. The number of likely N-dealkylation sites (N-methyl/N-ethyl adjacent to an activating group) is 1. The highest BCUT2D eigenvalue weighted by molar-refractivity contribution is 9.10. The third kappa shape index (κ3) is 3.75. The molecule has 7 nitrogen and oxygen atoms in total. The maximum atomic E-state index is 13.6. The van der Waals surface area contributed by atoms with Gasteiger partial charge in [0.05, 0.1) is 6.54 Å². The summed E-state index contributed by atoms with van der Waals surface area (Å²) in [5, 5.41) is 6.74. The highest BCUT2D eigenvalue weighted by Crippen LogP contribution is 2.45. The standard InChI is InChI=1S/C19H17BrFN5O2/c1-25(10-17(27)23-19-22-16-4-2-3-7-26(16)24-19)18(28)12-6-5-11(20)8-13(12)14-9-15(14)21/h2-8,14-15H,9-10H2,1H3,(H,23,24,27). The third-order valence-corrected chi connectivity index (χ3v) is 5.07. The van der Waals surface area contributed by atoms with Crippen LogP contribution < -0.4 is 5.32 Å². The van der Waals surface area contributed by atoms with Gasteiger partial charge in [0, 0.05) is 29.2 Å². The van der Waals surface area contributed by atoms with Crippen molar-refractivity contribution in [2.75, 3.05) is 18.9 Å². The topological polar surface area (TPSA) is 79.6 Å². The Bertz CT molecular complexity index is 1040. The normalized spacial score (nSPS) is 18.1. The van der Waals surface area contributed by atoms with Crippen LogP contribution in [0.1, 0.15) is 28.3 Å². The van der Waals surface area contributed by atoms with Crippen molar-refractivity contribution in [2.24, 2.45) is 0 Å². The van der Waals surface area contributed by atoms with Gasteiger partial charge in [-0.1, -0.05) is 22.0 Å². The molecule has 1 aliphatic rings. The van der Waals surface area contributed by atoms with Gasteiger partial charge in [0.2, 0.25) is 11.9 Å². The average molecular weight is 446 g/mol. The van der Waals surface area contributed by atoms with Crippen LogP contribution in [0.2, 0.25) is 0 Å². The molecule has 0 aliphatic heterocycles. The monoisotopic (exact) mass is 445 g/mol. The number of aromatic nitrogens is 3. The minimum Gasteiger partial charge on any atom is -0.332 e. The number of hydrogen-bond acceptors (Lipinski definition) is 4. The molecule has 28 heavy (non-hydrogen) atoms. The van der Waals surface area contributed by atoms with E-state index in [0.29, 0.717) is 23.2 Å². The predicted octanol–water partition coefficient (Wildman–Crippen LogP) is 3.03. The van der Waals surface area contributed by atoms with Crippen LogP contribution in [0.25, 0.3) is 5.65 Å². The Kier molecular flexibility index (Phi) is 4.84. The van der Waals surface area contributed by atoms with Crippen molar-refractivity contribution >= 4 is 39.3 Å². The van der Waals surface area contributed by atoms with Gasteiger partial charge in [-0.05, 0) is 42.3 Å². The van der Waals surface area contributed by atoms with Crippen molar-refractivity contribution < 1.29 is 14.0 Å². The Morgan fingerprint density at radius 2 is 2.14 bits per heavy atom. The fraction of sp³-hybridized carbons (Fsp3) is 0.263. The smallest absolute Gasteiger partial charge is 0.254 e. The summed E-state index contributed by atoms with van der Waals surface area (Å²) in [7, 11) is 1.53. The maximum absolute atomic E-state index is 13.6. The summed E-state index contributed by atoms with van der Waals surface area (Å²) in [6.07, 6.45) is 1.22. The quantitative estimate of drug-likeness (QED) is 0.654. The van der Waals surface area contributed by atoms with Crippen LogP contribution in [0, 0.1) is 0 Å². The maximum Gasteiger partial charge on any atom is 0.254 e. The van der Waals surface area contributed by atoms with Crippen LogP contribution >= 0.6 is 15.9 Å². The molecule has 1 fully saturated rings. The summed E-state index contributed by atoms with van der Waals surface area (Å²) < 4.78 is 15.9. The first-order valence-corrected chi connectivity index (χ1v) is 9.52. The van der Waals surface area contributed by atoms with Crippen molar-refractivity contribution in [3.05, 3.63) is 58.2 Å². The Balaban J connectivity index is 1.45. The number of anilines is 1. The largest absolute Gasteiger partial charge is 0.332 e. The second kappa shape index (κ2) is 7.31.